The molecule has 0 saturated carbocycles. The van der Waals surface area contributed by atoms with Crippen LogP contribution in [0.4, 0.5) is 8.78 Å². The first-order valence-electron chi connectivity index (χ1n) is 3.24. The first-order chi connectivity index (χ1) is 5.65. The molecule has 0 N–H and O–H groups in total. The molecule has 1 nitrogen and oxygen atoms in total. The number of carbonyl (C=O) groups is 1. The number of ketones is 1. The Balaban J connectivity index is 3.05. The zero-order valence-corrected chi connectivity index (χ0v) is 6.94. The van der Waals surface area contributed by atoms with Crippen LogP contribution in [0.2, 0.25) is 0 Å². The van der Waals surface area contributed by atoms with Crippen molar-refractivity contribution in [1.82, 2.24) is 0 Å². The van der Waals surface area contributed by atoms with Crippen LogP contribution in [-0.4, -0.2) is 11.5 Å². The Morgan fingerprint density at radius 1 is 1.33 bits per heavy atom. The third-order valence-corrected chi connectivity index (χ3v) is 1.67. The molecule has 0 aliphatic carbocycles. The molecule has 0 aliphatic heterocycles. The van der Waals surface area contributed by atoms with Crippen molar-refractivity contribution in [3.05, 3.63) is 35.4 Å². The predicted octanol–water partition coefficient (Wildman–Crippen LogP) is 2.08. The fraction of sp³-hybridized carbons (Fsp3) is 0.125. The van der Waals surface area contributed by atoms with Gasteiger partial charge in [0.2, 0.25) is 0 Å². The van der Waals surface area contributed by atoms with Gasteiger partial charge in [0.1, 0.15) is 0 Å². The number of carbonyl (C=O) groups excluding carboxylic acids is 1. The molecule has 0 heterocycles. The molecular weight excluding hydrogens is 182 g/mol. The summed E-state index contributed by atoms with van der Waals surface area (Å²) in [5, 5.41) is 0. The number of thiol groups is 1. The fourth-order valence-corrected chi connectivity index (χ4v) is 0.943. The van der Waals surface area contributed by atoms with Crippen molar-refractivity contribution in [1.29, 1.82) is 0 Å². The van der Waals surface area contributed by atoms with E-state index < -0.39 is 11.6 Å². The summed E-state index contributed by atoms with van der Waals surface area (Å²) < 4.78 is 24.9. The van der Waals surface area contributed by atoms with Crippen LogP contribution in [0.15, 0.2) is 18.2 Å². The van der Waals surface area contributed by atoms with Crippen molar-refractivity contribution >= 4 is 18.4 Å². The Morgan fingerprint density at radius 2 is 2.00 bits per heavy atom. The molecule has 0 bridgehead atoms. The molecule has 1 aromatic carbocycles. The van der Waals surface area contributed by atoms with Gasteiger partial charge in [-0.3, -0.25) is 4.79 Å². The van der Waals surface area contributed by atoms with Gasteiger partial charge in [0.25, 0.3) is 0 Å². The van der Waals surface area contributed by atoms with Gasteiger partial charge in [-0.1, -0.05) is 0 Å². The summed E-state index contributed by atoms with van der Waals surface area (Å²) in [7, 11) is 0. The topological polar surface area (TPSA) is 17.1 Å². The van der Waals surface area contributed by atoms with Gasteiger partial charge in [0.05, 0.1) is 5.75 Å². The average molecular weight is 188 g/mol. The summed E-state index contributed by atoms with van der Waals surface area (Å²) in [6, 6.07) is 3.02. The van der Waals surface area contributed by atoms with Crippen LogP contribution < -0.4 is 0 Å². The molecule has 0 radical (unpaired) electrons. The number of rotatable bonds is 2. The maximum absolute atomic E-state index is 12.5. The fourth-order valence-electron chi connectivity index (χ4n) is 0.761. The van der Waals surface area contributed by atoms with Crippen LogP contribution in [0.5, 0.6) is 0 Å². The van der Waals surface area contributed by atoms with E-state index in [-0.39, 0.29) is 17.1 Å². The molecule has 0 atom stereocenters. The van der Waals surface area contributed by atoms with E-state index in [0.717, 1.165) is 12.1 Å². The zero-order valence-electron chi connectivity index (χ0n) is 6.05. The SMILES string of the molecule is O=C(CS)c1ccc(F)c(F)c1. The van der Waals surface area contributed by atoms with E-state index in [1.165, 1.54) is 6.07 Å². The monoisotopic (exact) mass is 188 g/mol. The summed E-state index contributed by atoms with van der Waals surface area (Å²) in [6.07, 6.45) is 0. The van der Waals surface area contributed by atoms with Gasteiger partial charge in [-0.15, -0.1) is 0 Å². The van der Waals surface area contributed by atoms with Crippen molar-refractivity contribution in [3.63, 3.8) is 0 Å². The quantitative estimate of drug-likeness (QED) is 0.555. The molecule has 1 rings (SSSR count). The van der Waals surface area contributed by atoms with E-state index >= 15 is 0 Å². The first kappa shape index (κ1) is 9.19. The van der Waals surface area contributed by atoms with Gasteiger partial charge < -0.3 is 0 Å². The number of hydrogen-bond donors (Lipinski definition) is 1. The second kappa shape index (κ2) is 3.67. The second-order valence-corrected chi connectivity index (χ2v) is 2.53. The smallest absolute Gasteiger partial charge is 0.172 e. The van der Waals surface area contributed by atoms with Crippen LogP contribution in [0.1, 0.15) is 10.4 Å². The Labute approximate surface area is 73.8 Å². The minimum atomic E-state index is -1.01. The van der Waals surface area contributed by atoms with E-state index in [4.69, 9.17) is 0 Å². The van der Waals surface area contributed by atoms with Gasteiger partial charge in [0, 0.05) is 5.56 Å². The molecule has 0 spiro atoms. The van der Waals surface area contributed by atoms with Crippen LogP contribution >= 0.6 is 12.6 Å². The van der Waals surface area contributed by atoms with Crippen LogP contribution in [0, 0.1) is 11.6 Å². The lowest BCUT2D eigenvalue weighted by atomic mass is 10.1. The molecule has 1 aromatic rings. The molecule has 0 saturated heterocycles. The van der Waals surface area contributed by atoms with Crippen LogP contribution in [0.25, 0.3) is 0 Å². The number of halogens is 2. The third kappa shape index (κ3) is 1.82. The van der Waals surface area contributed by atoms with Crippen molar-refractivity contribution < 1.29 is 13.6 Å². The Bertz CT molecular complexity index is 312. The normalized spacial score (nSPS) is 9.92. The molecule has 0 amide bonds. The van der Waals surface area contributed by atoms with Crippen LogP contribution in [-0.2, 0) is 0 Å². The molecule has 4 heteroatoms. The molecule has 0 unspecified atom stereocenters. The Kier molecular flexibility index (Phi) is 2.81. The third-order valence-electron chi connectivity index (χ3n) is 1.39. The van der Waals surface area contributed by atoms with Gasteiger partial charge in [-0.05, 0) is 18.2 Å². The highest BCUT2D eigenvalue weighted by atomic mass is 32.1. The van der Waals surface area contributed by atoms with E-state index in [2.05, 4.69) is 12.6 Å². The summed E-state index contributed by atoms with van der Waals surface area (Å²) in [4.78, 5) is 10.9. The molecule has 12 heavy (non-hydrogen) atoms. The summed E-state index contributed by atoms with van der Waals surface area (Å²) in [5.41, 5.74) is 0.143. The van der Waals surface area contributed by atoms with E-state index in [1.807, 2.05) is 0 Å². The molecular formula is C8H6F2OS. The Hall–Kier alpha value is -0.900. The lowest BCUT2D eigenvalue weighted by Gasteiger charge is -1.97. The number of Topliss-reactive ketones (excluding diaryl/α,β-unsaturated/α-hetero) is 1. The standard InChI is InChI=1S/C8H6F2OS/c9-6-2-1-5(3-7(6)10)8(11)4-12/h1-3,12H,4H2. The second-order valence-electron chi connectivity index (χ2n) is 2.21. The minimum absolute atomic E-state index is 0.00886. The lowest BCUT2D eigenvalue weighted by Crippen LogP contribution is -2.01. The lowest BCUT2D eigenvalue weighted by molar-refractivity contribution is 0.102. The molecule has 0 aromatic heterocycles. The van der Waals surface area contributed by atoms with E-state index in [1.54, 1.807) is 0 Å². The number of benzene rings is 1. The Morgan fingerprint density at radius 3 is 2.50 bits per heavy atom. The van der Waals surface area contributed by atoms with Crippen molar-refractivity contribution in [2.75, 3.05) is 5.75 Å². The largest absolute Gasteiger partial charge is 0.293 e. The molecule has 0 fully saturated rings. The zero-order chi connectivity index (χ0) is 9.14. The number of hydrogen-bond acceptors (Lipinski definition) is 2. The maximum Gasteiger partial charge on any atom is 0.172 e. The van der Waals surface area contributed by atoms with Crippen molar-refractivity contribution in [2.45, 2.75) is 0 Å². The highest BCUT2D eigenvalue weighted by Gasteiger charge is 2.07. The van der Waals surface area contributed by atoms with Crippen molar-refractivity contribution in [3.8, 4) is 0 Å². The highest BCUT2D eigenvalue weighted by Crippen LogP contribution is 2.09. The highest BCUT2D eigenvalue weighted by molar-refractivity contribution is 7.81. The predicted molar refractivity (Wildman–Crippen MR) is 44.5 cm³/mol. The molecule has 64 valence electrons. The van der Waals surface area contributed by atoms with Gasteiger partial charge >= 0.3 is 0 Å². The van der Waals surface area contributed by atoms with E-state index in [0.29, 0.717) is 0 Å². The summed E-state index contributed by atoms with van der Waals surface area (Å²) in [5.74, 6) is -2.30. The maximum atomic E-state index is 12.5. The van der Waals surface area contributed by atoms with Crippen LogP contribution in [0.3, 0.4) is 0 Å². The first-order valence-corrected chi connectivity index (χ1v) is 3.87. The summed E-state index contributed by atoms with van der Waals surface area (Å²) >= 11 is 3.72. The minimum Gasteiger partial charge on any atom is -0.293 e. The summed E-state index contributed by atoms with van der Waals surface area (Å²) in [6.45, 7) is 0. The van der Waals surface area contributed by atoms with E-state index in [9.17, 15) is 13.6 Å². The van der Waals surface area contributed by atoms with Crippen molar-refractivity contribution in [2.24, 2.45) is 0 Å². The van der Waals surface area contributed by atoms with Gasteiger partial charge in [-0.2, -0.15) is 12.6 Å². The van der Waals surface area contributed by atoms with Gasteiger partial charge in [-0.25, -0.2) is 8.78 Å². The average Bonchev–Trinajstić information content (AvgIpc) is 2.08. The van der Waals surface area contributed by atoms with Gasteiger partial charge in [0.15, 0.2) is 17.4 Å². The molecule has 0 aliphatic rings.